The standard InChI is InChI=1S/C28H27F3N4OS/c1-2-17-35-25(21-12-7-4-8-13-21)24(20-10-5-3-6-11-20)34-27(35)37-18-16-32-26(36)33-23-15-9-14-22(19-23)28(29,30)31/h3-15,19H,2,16-18H2,1H3,(H2,32,33,36). The third-order valence-electron chi connectivity index (χ3n) is 5.54. The second-order valence-electron chi connectivity index (χ2n) is 8.28. The van der Waals surface area contributed by atoms with Gasteiger partial charge in [0.05, 0.1) is 17.0 Å². The minimum atomic E-state index is -4.47. The lowest BCUT2D eigenvalue weighted by molar-refractivity contribution is -0.137. The van der Waals surface area contributed by atoms with Crippen molar-refractivity contribution in [2.24, 2.45) is 0 Å². The van der Waals surface area contributed by atoms with Crippen LogP contribution in [0.25, 0.3) is 22.5 Å². The van der Waals surface area contributed by atoms with Gasteiger partial charge in [-0.1, -0.05) is 85.4 Å². The fourth-order valence-corrected chi connectivity index (χ4v) is 4.80. The van der Waals surface area contributed by atoms with Gasteiger partial charge in [0, 0.05) is 35.7 Å². The highest BCUT2D eigenvalue weighted by molar-refractivity contribution is 7.99. The summed E-state index contributed by atoms with van der Waals surface area (Å²) in [6.45, 7) is 3.22. The van der Waals surface area contributed by atoms with Gasteiger partial charge in [0.25, 0.3) is 0 Å². The first-order valence-electron chi connectivity index (χ1n) is 11.9. The largest absolute Gasteiger partial charge is 0.416 e. The number of benzene rings is 3. The van der Waals surface area contributed by atoms with Crippen LogP contribution in [0, 0.1) is 0 Å². The maximum Gasteiger partial charge on any atom is 0.416 e. The van der Waals surface area contributed by atoms with E-state index in [1.807, 2.05) is 48.5 Å². The van der Waals surface area contributed by atoms with Crippen molar-refractivity contribution in [2.75, 3.05) is 17.6 Å². The zero-order valence-electron chi connectivity index (χ0n) is 20.3. The molecule has 9 heteroatoms. The molecule has 4 rings (SSSR count). The lowest BCUT2D eigenvalue weighted by Gasteiger charge is -2.12. The molecular formula is C28H27F3N4OS. The molecule has 0 radical (unpaired) electrons. The highest BCUT2D eigenvalue weighted by Gasteiger charge is 2.30. The highest BCUT2D eigenvalue weighted by atomic mass is 32.2. The van der Waals surface area contributed by atoms with Crippen molar-refractivity contribution in [1.82, 2.24) is 14.9 Å². The maximum atomic E-state index is 12.9. The molecule has 0 saturated carbocycles. The highest BCUT2D eigenvalue weighted by Crippen LogP contribution is 2.36. The van der Waals surface area contributed by atoms with Crippen molar-refractivity contribution in [3.63, 3.8) is 0 Å². The number of halogens is 3. The molecule has 0 aliphatic carbocycles. The molecule has 0 unspecified atom stereocenters. The number of urea groups is 1. The molecular weight excluding hydrogens is 497 g/mol. The third kappa shape index (κ3) is 6.74. The molecule has 0 spiro atoms. The Bertz CT molecular complexity index is 1320. The van der Waals surface area contributed by atoms with Crippen LogP contribution < -0.4 is 10.6 Å². The van der Waals surface area contributed by atoms with Gasteiger partial charge in [-0.2, -0.15) is 13.2 Å². The Morgan fingerprint density at radius 2 is 1.62 bits per heavy atom. The Balaban J connectivity index is 1.46. The fraction of sp³-hybridized carbons (Fsp3) is 0.214. The number of hydrogen-bond acceptors (Lipinski definition) is 3. The van der Waals surface area contributed by atoms with Crippen LogP contribution in [-0.4, -0.2) is 27.9 Å². The summed E-state index contributed by atoms with van der Waals surface area (Å²) in [5.41, 5.74) is 3.32. The van der Waals surface area contributed by atoms with Crippen molar-refractivity contribution in [2.45, 2.75) is 31.2 Å². The van der Waals surface area contributed by atoms with Gasteiger partial charge in [-0.3, -0.25) is 0 Å². The summed E-state index contributed by atoms with van der Waals surface area (Å²) >= 11 is 1.53. The monoisotopic (exact) mass is 524 g/mol. The Morgan fingerprint density at radius 3 is 2.27 bits per heavy atom. The Morgan fingerprint density at radius 1 is 0.946 bits per heavy atom. The molecule has 0 aliphatic rings. The van der Waals surface area contributed by atoms with Crippen LogP contribution in [0.1, 0.15) is 18.9 Å². The van der Waals surface area contributed by atoms with E-state index in [-0.39, 0.29) is 5.69 Å². The van der Waals surface area contributed by atoms with Crippen molar-refractivity contribution in [3.05, 3.63) is 90.5 Å². The van der Waals surface area contributed by atoms with Crippen molar-refractivity contribution < 1.29 is 18.0 Å². The van der Waals surface area contributed by atoms with Crippen LogP contribution in [0.2, 0.25) is 0 Å². The average Bonchev–Trinajstić information content (AvgIpc) is 3.25. The van der Waals surface area contributed by atoms with Crippen LogP contribution in [0.5, 0.6) is 0 Å². The number of amides is 2. The van der Waals surface area contributed by atoms with E-state index in [0.717, 1.165) is 52.8 Å². The first kappa shape index (κ1) is 26.3. The average molecular weight is 525 g/mol. The predicted molar refractivity (Wildman–Crippen MR) is 143 cm³/mol. The molecule has 0 atom stereocenters. The number of carbonyl (C=O) groups excluding carboxylic acids is 1. The number of nitrogens with zero attached hydrogens (tertiary/aromatic N) is 2. The summed E-state index contributed by atoms with van der Waals surface area (Å²) in [7, 11) is 0. The molecule has 2 N–H and O–H groups in total. The second-order valence-corrected chi connectivity index (χ2v) is 9.35. The van der Waals surface area contributed by atoms with Gasteiger partial charge in [-0.25, -0.2) is 9.78 Å². The first-order valence-corrected chi connectivity index (χ1v) is 12.9. The SMILES string of the molecule is CCCn1c(SCCNC(=O)Nc2cccc(C(F)(F)F)c2)nc(-c2ccccc2)c1-c1ccccc1. The van der Waals surface area contributed by atoms with E-state index >= 15 is 0 Å². The van der Waals surface area contributed by atoms with E-state index in [1.165, 1.54) is 23.9 Å². The van der Waals surface area contributed by atoms with Crippen LogP contribution in [0.3, 0.4) is 0 Å². The summed E-state index contributed by atoms with van der Waals surface area (Å²) in [6, 6.07) is 24.2. The van der Waals surface area contributed by atoms with E-state index in [0.29, 0.717) is 12.3 Å². The molecule has 4 aromatic rings. The molecule has 1 aromatic heterocycles. The smallest absolute Gasteiger partial charge is 0.337 e. The van der Waals surface area contributed by atoms with Crippen LogP contribution in [0.15, 0.2) is 90.1 Å². The van der Waals surface area contributed by atoms with E-state index < -0.39 is 17.8 Å². The lowest BCUT2D eigenvalue weighted by Crippen LogP contribution is -2.30. The third-order valence-corrected chi connectivity index (χ3v) is 6.52. The number of aromatic nitrogens is 2. The molecule has 0 aliphatic heterocycles. The number of alkyl halides is 3. The minimum Gasteiger partial charge on any atom is -0.337 e. The first-order chi connectivity index (χ1) is 17.9. The normalized spacial score (nSPS) is 11.4. The Kier molecular flexibility index (Phi) is 8.55. The van der Waals surface area contributed by atoms with Gasteiger partial charge >= 0.3 is 12.2 Å². The Hall–Kier alpha value is -3.72. The molecule has 0 fully saturated rings. The summed E-state index contributed by atoms with van der Waals surface area (Å²) in [5, 5.41) is 6.01. The zero-order chi connectivity index (χ0) is 26.3. The molecule has 5 nitrogen and oxygen atoms in total. The lowest BCUT2D eigenvalue weighted by atomic mass is 10.0. The van der Waals surface area contributed by atoms with Crippen LogP contribution in [-0.2, 0) is 12.7 Å². The number of thioether (sulfide) groups is 1. The number of imidazole rings is 1. The van der Waals surface area contributed by atoms with E-state index in [9.17, 15) is 18.0 Å². The van der Waals surface area contributed by atoms with E-state index in [4.69, 9.17) is 4.98 Å². The van der Waals surface area contributed by atoms with Gasteiger partial charge in [-0.15, -0.1) is 0 Å². The molecule has 0 bridgehead atoms. The number of rotatable bonds is 9. The quantitative estimate of drug-likeness (QED) is 0.175. The molecule has 37 heavy (non-hydrogen) atoms. The molecule has 2 amide bonds. The van der Waals surface area contributed by atoms with Crippen LogP contribution >= 0.6 is 11.8 Å². The number of hydrogen-bond donors (Lipinski definition) is 2. The fourth-order valence-electron chi connectivity index (χ4n) is 3.91. The van der Waals surface area contributed by atoms with Gasteiger partial charge in [-0.05, 0) is 24.6 Å². The van der Waals surface area contributed by atoms with E-state index in [2.05, 4.69) is 34.3 Å². The van der Waals surface area contributed by atoms with Gasteiger partial charge in [0.2, 0.25) is 0 Å². The molecule has 192 valence electrons. The predicted octanol–water partition coefficient (Wildman–Crippen LogP) is 7.56. The minimum absolute atomic E-state index is 0.0819. The van der Waals surface area contributed by atoms with E-state index in [1.54, 1.807) is 0 Å². The van der Waals surface area contributed by atoms with Gasteiger partial charge in [0.15, 0.2) is 5.16 Å². The number of anilines is 1. The molecule has 0 saturated heterocycles. The molecule has 1 heterocycles. The summed E-state index contributed by atoms with van der Waals surface area (Å²) in [4.78, 5) is 17.2. The maximum absolute atomic E-state index is 12.9. The van der Waals surface area contributed by atoms with Gasteiger partial charge in [0.1, 0.15) is 0 Å². The number of carbonyl (C=O) groups is 1. The number of nitrogens with one attached hydrogen (secondary N) is 2. The molecule has 3 aromatic carbocycles. The summed E-state index contributed by atoms with van der Waals surface area (Å²) < 4.78 is 40.9. The topological polar surface area (TPSA) is 59.0 Å². The van der Waals surface area contributed by atoms with Crippen molar-refractivity contribution >= 4 is 23.5 Å². The second kappa shape index (κ2) is 12.0. The summed E-state index contributed by atoms with van der Waals surface area (Å²) in [5.74, 6) is 0.541. The van der Waals surface area contributed by atoms with Crippen LogP contribution in [0.4, 0.5) is 23.7 Å². The van der Waals surface area contributed by atoms with Gasteiger partial charge < -0.3 is 15.2 Å². The summed E-state index contributed by atoms with van der Waals surface area (Å²) in [6.07, 6.45) is -3.54. The Labute approximate surface area is 218 Å². The van der Waals surface area contributed by atoms with Crippen molar-refractivity contribution in [3.8, 4) is 22.5 Å². The zero-order valence-corrected chi connectivity index (χ0v) is 21.1. The van der Waals surface area contributed by atoms with Crippen molar-refractivity contribution in [1.29, 1.82) is 0 Å².